The Hall–Kier alpha value is 0.800. The number of ether oxygens (including phenoxy) is 1. The van der Waals surface area contributed by atoms with Crippen molar-refractivity contribution < 1.29 is 14.6 Å². The molecule has 1 atom stereocenters. The largest absolute Gasteiger partial charge is 0.389 e. The highest BCUT2D eigenvalue weighted by molar-refractivity contribution is 14.1. The van der Waals surface area contributed by atoms with Crippen molar-refractivity contribution in [1.82, 2.24) is 4.90 Å². The van der Waals surface area contributed by atoms with Gasteiger partial charge in [0, 0.05) is 31.4 Å². The van der Waals surface area contributed by atoms with E-state index >= 15 is 0 Å². The third-order valence-electron chi connectivity index (χ3n) is 2.41. The van der Waals surface area contributed by atoms with Crippen LogP contribution in [0.1, 0.15) is 10.4 Å². The zero-order chi connectivity index (χ0) is 14.6. The van der Waals surface area contributed by atoms with Crippen molar-refractivity contribution in [3.05, 3.63) is 28.4 Å². The summed E-state index contributed by atoms with van der Waals surface area (Å²) in [6, 6.07) is 3.89. The number of likely N-dealkylation sites (N-methyl/N-ethyl adjacent to an activating group) is 1. The van der Waals surface area contributed by atoms with Crippen LogP contribution >= 0.6 is 67.8 Å². The molecule has 0 saturated heterocycles. The van der Waals surface area contributed by atoms with E-state index in [0.717, 1.165) is 10.7 Å². The third-order valence-corrected chi connectivity index (χ3v) is 6.08. The van der Waals surface area contributed by atoms with Crippen molar-refractivity contribution in [2.45, 2.75) is 6.10 Å². The van der Waals surface area contributed by atoms with Gasteiger partial charge >= 0.3 is 0 Å². The number of carbonyl (C=O) groups is 1. The van der Waals surface area contributed by atoms with Gasteiger partial charge in [-0.3, -0.25) is 4.79 Å². The van der Waals surface area contributed by atoms with Crippen LogP contribution in [-0.2, 0) is 4.74 Å². The SMILES string of the molecule is COCC(O)CN(C)C(=O)c1cc(I)cc(I)c1I. The van der Waals surface area contributed by atoms with Gasteiger partial charge in [-0.15, -0.1) is 0 Å². The zero-order valence-electron chi connectivity index (χ0n) is 10.5. The lowest BCUT2D eigenvalue weighted by molar-refractivity contribution is 0.0380. The standard InChI is InChI=1S/C12H14I3NO3/c1-16(5-8(17)6-19-2)12(18)9-3-7(13)4-10(14)11(9)15/h3-4,8,17H,5-6H2,1-2H3. The summed E-state index contributed by atoms with van der Waals surface area (Å²) < 4.78 is 7.88. The van der Waals surface area contributed by atoms with E-state index < -0.39 is 6.10 Å². The molecule has 1 rings (SSSR count). The first-order valence-electron chi connectivity index (χ1n) is 5.43. The molecule has 106 valence electrons. The van der Waals surface area contributed by atoms with E-state index in [1.807, 2.05) is 12.1 Å². The molecular weight excluding hydrogens is 587 g/mol. The van der Waals surface area contributed by atoms with Crippen LogP contribution in [0.5, 0.6) is 0 Å². The molecule has 0 aliphatic heterocycles. The van der Waals surface area contributed by atoms with E-state index in [9.17, 15) is 9.90 Å². The van der Waals surface area contributed by atoms with Gasteiger partial charge in [0.05, 0.1) is 18.3 Å². The Labute approximate surface area is 153 Å². The highest BCUT2D eigenvalue weighted by atomic mass is 127. The first kappa shape index (κ1) is 17.9. The predicted molar refractivity (Wildman–Crippen MR) is 99.4 cm³/mol. The quantitative estimate of drug-likeness (QED) is 0.418. The van der Waals surface area contributed by atoms with E-state index in [2.05, 4.69) is 67.8 Å². The topological polar surface area (TPSA) is 49.8 Å². The van der Waals surface area contributed by atoms with Crippen LogP contribution in [-0.4, -0.2) is 49.3 Å². The molecule has 19 heavy (non-hydrogen) atoms. The van der Waals surface area contributed by atoms with Gasteiger partial charge in [0.25, 0.3) is 5.91 Å². The van der Waals surface area contributed by atoms with Crippen LogP contribution in [0.25, 0.3) is 0 Å². The highest BCUT2D eigenvalue weighted by Crippen LogP contribution is 2.23. The number of amides is 1. The van der Waals surface area contributed by atoms with Gasteiger partial charge in [-0.05, 0) is 79.9 Å². The van der Waals surface area contributed by atoms with Crippen molar-refractivity contribution in [3.8, 4) is 0 Å². The molecule has 0 heterocycles. The fourth-order valence-electron chi connectivity index (χ4n) is 1.56. The maximum absolute atomic E-state index is 12.4. The van der Waals surface area contributed by atoms with Crippen molar-refractivity contribution in [1.29, 1.82) is 0 Å². The fraction of sp³-hybridized carbons (Fsp3) is 0.417. The first-order valence-corrected chi connectivity index (χ1v) is 8.67. The molecule has 0 aliphatic carbocycles. The summed E-state index contributed by atoms with van der Waals surface area (Å²) >= 11 is 6.59. The lowest BCUT2D eigenvalue weighted by Gasteiger charge is -2.21. The second kappa shape index (κ2) is 8.29. The number of nitrogens with zero attached hydrogens (tertiary/aromatic N) is 1. The smallest absolute Gasteiger partial charge is 0.254 e. The van der Waals surface area contributed by atoms with Crippen LogP contribution in [0.2, 0.25) is 0 Å². The summed E-state index contributed by atoms with van der Waals surface area (Å²) in [6.07, 6.45) is -0.668. The molecule has 0 bridgehead atoms. The molecule has 1 aromatic rings. The van der Waals surface area contributed by atoms with Crippen LogP contribution in [0, 0.1) is 10.7 Å². The van der Waals surface area contributed by atoms with Gasteiger partial charge in [-0.2, -0.15) is 0 Å². The van der Waals surface area contributed by atoms with E-state index in [0.29, 0.717) is 5.56 Å². The molecule has 7 heteroatoms. The molecule has 1 N–H and O–H groups in total. The summed E-state index contributed by atoms with van der Waals surface area (Å²) in [7, 11) is 3.21. The maximum Gasteiger partial charge on any atom is 0.254 e. The Morgan fingerprint density at radius 2 is 2.05 bits per heavy atom. The number of aliphatic hydroxyl groups excluding tert-OH is 1. The Bertz CT molecular complexity index is 468. The number of methoxy groups -OCH3 is 1. The number of carbonyl (C=O) groups excluding carboxylic acids is 1. The Morgan fingerprint density at radius 1 is 1.42 bits per heavy atom. The lowest BCUT2D eigenvalue weighted by atomic mass is 10.2. The van der Waals surface area contributed by atoms with Crippen LogP contribution in [0.15, 0.2) is 12.1 Å². The lowest BCUT2D eigenvalue weighted by Crippen LogP contribution is -2.36. The Balaban J connectivity index is 2.88. The second-order valence-corrected chi connectivity index (χ2v) is 7.53. The van der Waals surface area contributed by atoms with Gasteiger partial charge in [0.15, 0.2) is 0 Å². The molecule has 4 nitrogen and oxygen atoms in total. The summed E-state index contributed by atoms with van der Waals surface area (Å²) in [6.45, 7) is 0.476. The van der Waals surface area contributed by atoms with Crippen molar-refractivity contribution >= 4 is 73.7 Å². The highest BCUT2D eigenvalue weighted by Gasteiger charge is 2.19. The average molecular weight is 601 g/mol. The minimum atomic E-state index is -0.668. The first-order chi connectivity index (χ1) is 8.86. The maximum atomic E-state index is 12.4. The predicted octanol–water partition coefficient (Wildman–Crippen LogP) is 2.58. The normalized spacial score (nSPS) is 12.3. The second-order valence-electron chi connectivity index (χ2n) is 4.04. The van der Waals surface area contributed by atoms with Crippen LogP contribution in [0.3, 0.4) is 0 Å². The van der Waals surface area contributed by atoms with E-state index in [-0.39, 0.29) is 19.1 Å². The van der Waals surface area contributed by atoms with Gasteiger partial charge < -0.3 is 14.7 Å². The summed E-state index contributed by atoms with van der Waals surface area (Å²) in [4.78, 5) is 13.9. The number of hydrogen-bond acceptors (Lipinski definition) is 3. The van der Waals surface area contributed by atoms with Crippen molar-refractivity contribution in [2.75, 3.05) is 27.3 Å². The van der Waals surface area contributed by atoms with Crippen molar-refractivity contribution in [2.24, 2.45) is 0 Å². The summed E-state index contributed by atoms with van der Waals surface area (Å²) in [5, 5.41) is 9.67. The molecule has 1 aromatic carbocycles. The Morgan fingerprint density at radius 3 is 2.63 bits per heavy atom. The number of aliphatic hydroxyl groups is 1. The molecule has 0 fully saturated rings. The van der Waals surface area contributed by atoms with Gasteiger partial charge in [-0.1, -0.05) is 0 Å². The summed E-state index contributed by atoms with van der Waals surface area (Å²) in [5.74, 6) is -0.0871. The van der Waals surface area contributed by atoms with E-state index in [4.69, 9.17) is 4.74 Å². The number of benzene rings is 1. The van der Waals surface area contributed by atoms with Gasteiger partial charge in [0.1, 0.15) is 0 Å². The third kappa shape index (κ3) is 5.25. The minimum absolute atomic E-state index is 0.0871. The average Bonchev–Trinajstić information content (AvgIpc) is 2.33. The van der Waals surface area contributed by atoms with Crippen LogP contribution < -0.4 is 0 Å². The number of halogens is 3. The number of rotatable bonds is 5. The van der Waals surface area contributed by atoms with Crippen molar-refractivity contribution in [3.63, 3.8) is 0 Å². The monoisotopic (exact) mass is 601 g/mol. The molecule has 1 amide bonds. The molecule has 0 saturated carbocycles. The molecule has 0 aliphatic rings. The van der Waals surface area contributed by atoms with E-state index in [1.54, 1.807) is 7.05 Å². The van der Waals surface area contributed by atoms with E-state index in [1.165, 1.54) is 12.0 Å². The molecule has 1 unspecified atom stereocenters. The molecule has 0 spiro atoms. The number of hydrogen-bond donors (Lipinski definition) is 1. The van der Waals surface area contributed by atoms with Gasteiger partial charge in [0.2, 0.25) is 0 Å². The zero-order valence-corrected chi connectivity index (χ0v) is 17.0. The molecule has 0 aromatic heterocycles. The fourth-order valence-corrected chi connectivity index (χ4v) is 3.95. The summed E-state index contributed by atoms with van der Waals surface area (Å²) in [5.41, 5.74) is 0.670. The van der Waals surface area contributed by atoms with Gasteiger partial charge in [-0.25, -0.2) is 0 Å². The van der Waals surface area contributed by atoms with Crippen LogP contribution in [0.4, 0.5) is 0 Å². The molecule has 0 radical (unpaired) electrons. The Kier molecular flexibility index (Phi) is 7.79. The minimum Gasteiger partial charge on any atom is -0.389 e. The molecular formula is C12H14I3NO3.